The van der Waals surface area contributed by atoms with Crippen LogP contribution >= 0.6 is 0 Å². The van der Waals surface area contributed by atoms with Crippen LogP contribution in [0.3, 0.4) is 0 Å². The number of nitrogens with zero attached hydrogens (tertiary/aromatic N) is 1. The number of likely N-dealkylation sites (N-methyl/N-ethyl adjacent to an activating group) is 1. The summed E-state index contributed by atoms with van der Waals surface area (Å²) in [6, 6.07) is 22.2. The molecule has 2 aromatic carbocycles. The Kier molecular flexibility index (Phi) is 4.17. The van der Waals surface area contributed by atoms with Crippen molar-refractivity contribution in [2.24, 2.45) is 0 Å². The molecule has 1 fully saturated rings. The molecule has 1 unspecified atom stereocenters. The van der Waals surface area contributed by atoms with Crippen LogP contribution in [0, 0.1) is 5.92 Å². The van der Waals surface area contributed by atoms with Crippen molar-refractivity contribution in [3.8, 4) is 0 Å². The molecule has 1 atom stereocenters. The second-order valence-corrected chi connectivity index (χ2v) is 5.64. The summed E-state index contributed by atoms with van der Waals surface area (Å²) in [5, 5.41) is 0. The Morgan fingerprint density at radius 2 is 1.40 bits per heavy atom. The standard InChI is InChI=1S/C19H22N/c1-20-15-9-8-14-18(20)19(16-10-4-2-5-11-16)17-12-6-3-7-13-17/h2-7,10-13,18H,8-9,14-15H2,1H3. The third kappa shape index (κ3) is 2.78. The summed E-state index contributed by atoms with van der Waals surface area (Å²) < 4.78 is 0. The second-order valence-electron chi connectivity index (χ2n) is 5.64. The van der Waals surface area contributed by atoms with E-state index in [0.717, 1.165) is 0 Å². The molecule has 0 spiro atoms. The predicted molar refractivity (Wildman–Crippen MR) is 84.6 cm³/mol. The summed E-state index contributed by atoms with van der Waals surface area (Å²) in [5.41, 5.74) is 2.72. The van der Waals surface area contributed by atoms with Gasteiger partial charge in [-0.15, -0.1) is 0 Å². The maximum Gasteiger partial charge on any atom is 0.0509 e. The Hall–Kier alpha value is -1.60. The van der Waals surface area contributed by atoms with Crippen molar-refractivity contribution in [3.05, 3.63) is 77.7 Å². The van der Waals surface area contributed by atoms with Gasteiger partial charge in [0.25, 0.3) is 0 Å². The minimum atomic E-state index is 0.536. The van der Waals surface area contributed by atoms with Crippen molar-refractivity contribution in [3.63, 3.8) is 0 Å². The minimum absolute atomic E-state index is 0.536. The SMILES string of the molecule is CN1CCCCC1[C](c1ccccc1)c1ccccc1. The van der Waals surface area contributed by atoms with Crippen LogP contribution in [0.15, 0.2) is 60.7 Å². The fraction of sp³-hybridized carbons (Fsp3) is 0.316. The fourth-order valence-corrected chi connectivity index (χ4v) is 3.23. The first kappa shape index (κ1) is 13.4. The molecular weight excluding hydrogens is 242 g/mol. The highest BCUT2D eigenvalue weighted by Gasteiger charge is 2.30. The van der Waals surface area contributed by atoms with Crippen LogP contribution in [0.25, 0.3) is 0 Å². The molecule has 1 radical (unpaired) electrons. The summed E-state index contributed by atoms with van der Waals surface area (Å²) in [6.07, 6.45) is 3.91. The smallest absolute Gasteiger partial charge is 0.0509 e. The van der Waals surface area contributed by atoms with E-state index >= 15 is 0 Å². The van der Waals surface area contributed by atoms with E-state index in [1.54, 1.807) is 0 Å². The summed E-state index contributed by atoms with van der Waals surface area (Å²) in [4.78, 5) is 2.51. The van der Waals surface area contributed by atoms with Crippen molar-refractivity contribution in [1.29, 1.82) is 0 Å². The van der Waals surface area contributed by atoms with Crippen LogP contribution in [0.5, 0.6) is 0 Å². The van der Waals surface area contributed by atoms with Crippen LogP contribution in [0.4, 0.5) is 0 Å². The van der Waals surface area contributed by atoms with E-state index in [9.17, 15) is 0 Å². The van der Waals surface area contributed by atoms with Gasteiger partial charge in [0.2, 0.25) is 0 Å². The average molecular weight is 264 g/mol. The summed E-state index contributed by atoms with van der Waals surface area (Å²) in [6.45, 7) is 1.20. The van der Waals surface area contributed by atoms with Crippen LogP contribution in [0.2, 0.25) is 0 Å². The normalized spacial score (nSPS) is 20.2. The lowest BCUT2D eigenvalue weighted by atomic mass is 9.81. The molecular formula is C19H22N. The number of likely N-dealkylation sites (tertiary alicyclic amines) is 1. The zero-order valence-electron chi connectivity index (χ0n) is 12.1. The van der Waals surface area contributed by atoms with Crippen LogP contribution in [-0.4, -0.2) is 24.5 Å². The third-order valence-electron chi connectivity index (χ3n) is 4.27. The second kappa shape index (κ2) is 6.23. The molecule has 0 saturated carbocycles. The number of piperidine rings is 1. The van der Waals surface area contributed by atoms with E-state index in [2.05, 4.69) is 72.6 Å². The summed E-state index contributed by atoms with van der Waals surface area (Å²) >= 11 is 0. The van der Waals surface area contributed by atoms with E-state index in [-0.39, 0.29) is 0 Å². The summed E-state index contributed by atoms with van der Waals surface area (Å²) in [5.74, 6) is 1.48. The fourth-order valence-electron chi connectivity index (χ4n) is 3.23. The maximum absolute atomic E-state index is 2.51. The van der Waals surface area contributed by atoms with Gasteiger partial charge in [0, 0.05) is 6.04 Å². The van der Waals surface area contributed by atoms with Gasteiger partial charge in [0.1, 0.15) is 0 Å². The Balaban J connectivity index is 1.99. The highest BCUT2D eigenvalue weighted by Crippen LogP contribution is 2.33. The monoisotopic (exact) mass is 264 g/mol. The Morgan fingerprint density at radius 3 is 1.90 bits per heavy atom. The molecule has 1 aliphatic rings. The Morgan fingerprint density at radius 1 is 0.850 bits per heavy atom. The molecule has 1 nitrogen and oxygen atoms in total. The van der Waals surface area contributed by atoms with Gasteiger partial charge in [-0.25, -0.2) is 0 Å². The van der Waals surface area contributed by atoms with Crippen molar-refractivity contribution in [2.45, 2.75) is 25.3 Å². The van der Waals surface area contributed by atoms with Crippen molar-refractivity contribution in [1.82, 2.24) is 4.90 Å². The Labute approximate surface area is 122 Å². The van der Waals surface area contributed by atoms with Gasteiger partial charge in [0.05, 0.1) is 5.92 Å². The molecule has 1 aliphatic heterocycles. The van der Waals surface area contributed by atoms with Crippen LogP contribution in [0.1, 0.15) is 30.4 Å². The van der Waals surface area contributed by atoms with Gasteiger partial charge in [-0.1, -0.05) is 67.1 Å². The van der Waals surface area contributed by atoms with Gasteiger partial charge in [-0.3, -0.25) is 0 Å². The molecule has 0 aromatic heterocycles. The molecule has 1 saturated heterocycles. The minimum Gasteiger partial charge on any atom is -0.302 e. The molecule has 2 aromatic rings. The molecule has 1 heterocycles. The van der Waals surface area contributed by atoms with E-state index in [4.69, 9.17) is 0 Å². The molecule has 3 rings (SSSR count). The average Bonchev–Trinajstić information content (AvgIpc) is 2.52. The molecule has 103 valence electrons. The molecule has 0 bridgehead atoms. The topological polar surface area (TPSA) is 3.24 Å². The first-order valence-electron chi connectivity index (χ1n) is 7.54. The predicted octanol–water partition coefficient (Wildman–Crippen LogP) is 4.14. The molecule has 20 heavy (non-hydrogen) atoms. The van der Waals surface area contributed by atoms with Gasteiger partial charge in [-0.05, 0) is 37.6 Å². The molecule has 0 amide bonds. The van der Waals surface area contributed by atoms with Crippen molar-refractivity contribution in [2.75, 3.05) is 13.6 Å². The van der Waals surface area contributed by atoms with E-state index in [1.807, 2.05) is 0 Å². The number of benzene rings is 2. The molecule has 0 N–H and O–H groups in total. The van der Waals surface area contributed by atoms with Gasteiger partial charge in [0.15, 0.2) is 0 Å². The summed E-state index contributed by atoms with van der Waals surface area (Å²) in [7, 11) is 2.26. The van der Waals surface area contributed by atoms with Gasteiger partial charge < -0.3 is 4.90 Å². The van der Waals surface area contributed by atoms with Crippen molar-refractivity contribution < 1.29 is 0 Å². The van der Waals surface area contributed by atoms with E-state index in [1.165, 1.54) is 42.9 Å². The largest absolute Gasteiger partial charge is 0.302 e. The van der Waals surface area contributed by atoms with E-state index in [0.29, 0.717) is 6.04 Å². The lowest BCUT2D eigenvalue weighted by molar-refractivity contribution is 0.202. The molecule has 0 aliphatic carbocycles. The first-order valence-corrected chi connectivity index (χ1v) is 7.54. The van der Waals surface area contributed by atoms with Crippen molar-refractivity contribution >= 4 is 0 Å². The lowest BCUT2D eigenvalue weighted by Gasteiger charge is -2.38. The zero-order valence-corrected chi connectivity index (χ0v) is 12.1. The number of rotatable bonds is 3. The maximum atomic E-state index is 2.51. The number of hydrogen-bond acceptors (Lipinski definition) is 1. The third-order valence-corrected chi connectivity index (χ3v) is 4.27. The lowest BCUT2D eigenvalue weighted by Crippen LogP contribution is -2.41. The van der Waals surface area contributed by atoms with Gasteiger partial charge >= 0.3 is 0 Å². The zero-order chi connectivity index (χ0) is 13.8. The quantitative estimate of drug-likeness (QED) is 0.805. The van der Waals surface area contributed by atoms with Gasteiger partial charge in [-0.2, -0.15) is 0 Å². The van der Waals surface area contributed by atoms with Crippen LogP contribution in [-0.2, 0) is 0 Å². The van der Waals surface area contributed by atoms with E-state index < -0.39 is 0 Å². The van der Waals surface area contributed by atoms with Crippen LogP contribution < -0.4 is 0 Å². The first-order chi connectivity index (χ1) is 9.86. The Bertz CT molecular complexity index is 480. The highest BCUT2D eigenvalue weighted by molar-refractivity contribution is 5.48. The highest BCUT2D eigenvalue weighted by atomic mass is 15.1. The molecule has 1 heteroatoms. The number of hydrogen-bond donors (Lipinski definition) is 0.